The van der Waals surface area contributed by atoms with Gasteiger partial charge < -0.3 is 10.2 Å². The Hall–Kier alpha value is -0.0800. The summed E-state index contributed by atoms with van der Waals surface area (Å²) in [5.74, 6) is 0.744. The van der Waals surface area contributed by atoms with Gasteiger partial charge in [0.25, 0.3) is 0 Å². The molecule has 0 saturated heterocycles. The van der Waals surface area contributed by atoms with Crippen molar-refractivity contribution in [1.82, 2.24) is 10.2 Å². The van der Waals surface area contributed by atoms with Gasteiger partial charge in [-0.3, -0.25) is 0 Å². The molecule has 0 aromatic heterocycles. The van der Waals surface area contributed by atoms with E-state index in [4.69, 9.17) is 0 Å². The third kappa shape index (κ3) is 9.45. The minimum absolute atomic E-state index is 0.425. The van der Waals surface area contributed by atoms with Crippen molar-refractivity contribution >= 4 is 0 Å². The molecule has 2 nitrogen and oxygen atoms in total. The summed E-state index contributed by atoms with van der Waals surface area (Å²) in [6.07, 6.45) is 5.14. The van der Waals surface area contributed by atoms with E-state index in [-0.39, 0.29) is 0 Å². The van der Waals surface area contributed by atoms with Gasteiger partial charge in [-0.2, -0.15) is 0 Å². The van der Waals surface area contributed by atoms with Gasteiger partial charge in [-0.1, -0.05) is 48.0 Å². The first-order valence-corrected chi connectivity index (χ1v) is 8.40. The molecule has 0 spiro atoms. The Morgan fingerprint density at radius 3 is 2.00 bits per heavy atom. The summed E-state index contributed by atoms with van der Waals surface area (Å²) < 4.78 is 0. The van der Waals surface area contributed by atoms with Crippen LogP contribution in [-0.2, 0) is 0 Å². The van der Waals surface area contributed by atoms with Gasteiger partial charge in [-0.25, -0.2) is 0 Å². The number of hydrogen-bond donors (Lipinski definition) is 1. The van der Waals surface area contributed by atoms with Crippen molar-refractivity contribution in [1.29, 1.82) is 0 Å². The van der Waals surface area contributed by atoms with Crippen LogP contribution < -0.4 is 5.32 Å². The van der Waals surface area contributed by atoms with E-state index < -0.39 is 0 Å². The molecule has 0 saturated carbocycles. The lowest BCUT2D eigenvalue weighted by molar-refractivity contribution is 0.148. The van der Waals surface area contributed by atoms with Gasteiger partial charge in [0.2, 0.25) is 0 Å². The first-order valence-electron chi connectivity index (χ1n) is 8.40. The van der Waals surface area contributed by atoms with Gasteiger partial charge in [0.05, 0.1) is 0 Å². The third-order valence-electron chi connectivity index (χ3n) is 3.64. The molecule has 1 N–H and O–H groups in total. The quantitative estimate of drug-likeness (QED) is 0.573. The van der Waals surface area contributed by atoms with Gasteiger partial charge in [0.15, 0.2) is 0 Å². The zero-order valence-corrected chi connectivity index (χ0v) is 14.4. The number of nitrogens with one attached hydrogen (secondary N) is 1. The molecular weight excluding hydrogens is 232 g/mol. The first-order chi connectivity index (χ1) is 8.97. The summed E-state index contributed by atoms with van der Waals surface area (Å²) in [7, 11) is 0. The van der Waals surface area contributed by atoms with Gasteiger partial charge in [0.1, 0.15) is 0 Å². The smallest absolute Gasteiger partial charge is 0.00475 e. The maximum Gasteiger partial charge on any atom is 0.00475 e. The summed E-state index contributed by atoms with van der Waals surface area (Å²) >= 11 is 0. The maximum atomic E-state index is 3.67. The summed E-state index contributed by atoms with van der Waals surface area (Å²) in [5, 5.41) is 3.67. The van der Waals surface area contributed by atoms with E-state index in [0.717, 1.165) is 19.0 Å². The van der Waals surface area contributed by atoms with E-state index in [9.17, 15) is 0 Å². The minimum Gasteiger partial charge on any atom is -0.316 e. The highest BCUT2D eigenvalue weighted by atomic mass is 15.1. The van der Waals surface area contributed by atoms with Crippen LogP contribution in [0, 0.1) is 11.3 Å². The number of nitrogens with zero attached hydrogens (tertiary/aromatic N) is 1. The van der Waals surface area contributed by atoms with Gasteiger partial charge >= 0.3 is 0 Å². The van der Waals surface area contributed by atoms with Crippen LogP contribution in [0.3, 0.4) is 0 Å². The predicted molar refractivity (Wildman–Crippen MR) is 87.7 cm³/mol. The molecule has 0 amide bonds. The second kappa shape index (κ2) is 10.7. The Labute approximate surface area is 122 Å². The van der Waals surface area contributed by atoms with Gasteiger partial charge in [-0.05, 0) is 50.2 Å². The predicted octanol–water partition coefficient (Wildman–Crippen LogP) is 4.16. The molecule has 1 unspecified atom stereocenters. The largest absolute Gasteiger partial charge is 0.316 e. The van der Waals surface area contributed by atoms with Gasteiger partial charge in [0, 0.05) is 13.1 Å². The number of rotatable bonds is 12. The Kier molecular flexibility index (Phi) is 10.6. The molecule has 0 bridgehead atoms. The average molecular weight is 271 g/mol. The van der Waals surface area contributed by atoms with E-state index in [0.29, 0.717) is 5.41 Å². The van der Waals surface area contributed by atoms with Crippen molar-refractivity contribution in [2.24, 2.45) is 11.3 Å². The van der Waals surface area contributed by atoms with Crippen molar-refractivity contribution in [3.63, 3.8) is 0 Å². The highest BCUT2D eigenvalue weighted by Gasteiger charge is 2.25. The fraction of sp³-hybridized carbons (Fsp3) is 1.00. The molecule has 116 valence electrons. The van der Waals surface area contributed by atoms with E-state index in [1.54, 1.807) is 0 Å². The molecule has 0 heterocycles. The Balaban J connectivity index is 4.38. The highest BCUT2D eigenvalue weighted by molar-refractivity contribution is 4.81. The molecule has 19 heavy (non-hydrogen) atoms. The third-order valence-corrected chi connectivity index (χ3v) is 3.64. The van der Waals surface area contributed by atoms with Crippen LogP contribution >= 0.6 is 0 Å². The van der Waals surface area contributed by atoms with E-state index in [1.165, 1.54) is 45.3 Å². The molecule has 1 atom stereocenters. The lowest BCUT2D eigenvalue weighted by atomic mass is 9.84. The lowest BCUT2D eigenvalue weighted by Crippen LogP contribution is -2.43. The first kappa shape index (κ1) is 18.9. The Bertz CT molecular complexity index is 197. The summed E-state index contributed by atoms with van der Waals surface area (Å²) in [6.45, 7) is 19.9. The monoisotopic (exact) mass is 270 g/mol. The fourth-order valence-electron chi connectivity index (χ4n) is 2.93. The van der Waals surface area contributed by atoms with Crippen LogP contribution in [0.2, 0.25) is 0 Å². The second-order valence-electron chi connectivity index (χ2n) is 6.86. The molecular formula is C17H38N2. The molecule has 0 aliphatic carbocycles. The summed E-state index contributed by atoms with van der Waals surface area (Å²) in [6, 6.07) is 0. The van der Waals surface area contributed by atoms with Crippen molar-refractivity contribution in [2.75, 3.05) is 32.7 Å². The van der Waals surface area contributed by atoms with Crippen molar-refractivity contribution in [3.05, 3.63) is 0 Å². The van der Waals surface area contributed by atoms with Crippen LogP contribution in [0.25, 0.3) is 0 Å². The van der Waals surface area contributed by atoms with Crippen LogP contribution in [0.5, 0.6) is 0 Å². The second-order valence-corrected chi connectivity index (χ2v) is 6.86. The summed E-state index contributed by atoms with van der Waals surface area (Å²) in [5.41, 5.74) is 0.425. The Morgan fingerprint density at radius 1 is 1.00 bits per heavy atom. The van der Waals surface area contributed by atoms with E-state index in [1.807, 2.05) is 0 Å². The zero-order chi connectivity index (χ0) is 14.7. The fourth-order valence-corrected chi connectivity index (χ4v) is 2.93. The van der Waals surface area contributed by atoms with Crippen LogP contribution in [0.4, 0.5) is 0 Å². The average Bonchev–Trinajstić information content (AvgIpc) is 2.29. The molecule has 0 aromatic carbocycles. The van der Waals surface area contributed by atoms with Crippen LogP contribution in [0.1, 0.15) is 67.2 Å². The molecule has 2 heteroatoms. The van der Waals surface area contributed by atoms with Gasteiger partial charge in [-0.15, -0.1) is 0 Å². The molecule has 0 rings (SSSR count). The minimum atomic E-state index is 0.425. The molecule has 0 fully saturated rings. The highest BCUT2D eigenvalue weighted by Crippen LogP contribution is 2.24. The summed E-state index contributed by atoms with van der Waals surface area (Å²) in [4.78, 5) is 2.66. The zero-order valence-electron chi connectivity index (χ0n) is 14.4. The van der Waals surface area contributed by atoms with Crippen LogP contribution in [0.15, 0.2) is 0 Å². The van der Waals surface area contributed by atoms with E-state index in [2.05, 4.69) is 51.8 Å². The number of hydrogen-bond acceptors (Lipinski definition) is 2. The van der Waals surface area contributed by atoms with Crippen molar-refractivity contribution < 1.29 is 0 Å². The standard InChI is InChI=1S/C17H38N2/c1-7-10-17(6,14-18-13-16(4)5)15-19(11-8-2)12-9-3/h16,18H,7-15H2,1-6H3. The van der Waals surface area contributed by atoms with E-state index >= 15 is 0 Å². The normalized spacial score (nSPS) is 15.2. The molecule has 0 aromatic rings. The molecule has 0 radical (unpaired) electrons. The van der Waals surface area contributed by atoms with Crippen LogP contribution in [-0.4, -0.2) is 37.6 Å². The molecule has 0 aliphatic rings. The van der Waals surface area contributed by atoms with Crippen molar-refractivity contribution in [3.8, 4) is 0 Å². The maximum absolute atomic E-state index is 3.67. The Morgan fingerprint density at radius 2 is 1.58 bits per heavy atom. The SMILES string of the molecule is CCCN(CCC)CC(C)(CCC)CNCC(C)C. The van der Waals surface area contributed by atoms with Crippen molar-refractivity contribution in [2.45, 2.75) is 67.2 Å². The topological polar surface area (TPSA) is 15.3 Å². The lowest BCUT2D eigenvalue weighted by Gasteiger charge is -2.36. The molecule has 0 aliphatic heterocycles.